The summed E-state index contributed by atoms with van der Waals surface area (Å²) in [6, 6.07) is 7.80. The van der Waals surface area contributed by atoms with Gasteiger partial charge in [-0.05, 0) is 43.2 Å². The average Bonchev–Trinajstić information content (AvgIpc) is 3.18. The third kappa shape index (κ3) is 5.22. The molecular formula is C21H17F3N6O3. The second-order valence-electron chi connectivity index (χ2n) is 7.24. The summed E-state index contributed by atoms with van der Waals surface area (Å²) in [5.74, 6) is -0.579. The van der Waals surface area contributed by atoms with Crippen LogP contribution < -0.4 is 15.8 Å². The van der Waals surface area contributed by atoms with Gasteiger partial charge in [0.1, 0.15) is 5.75 Å². The van der Waals surface area contributed by atoms with E-state index in [-0.39, 0.29) is 29.3 Å². The molecule has 170 valence electrons. The van der Waals surface area contributed by atoms with E-state index in [2.05, 4.69) is 25.3 Å². The number of carbonyl (C=O) groups excluding carboxylic acids is 2. The van der Waals surface area contributed by atoms with Crippen LogP contribution in [-0.2, 0) is 11.0 Å². The van der Waals surface area contributed by atoms with Crippen molar-refractivity contribution in [1.82, 2.24) is 19.9 Å². The van der Waals surface area contributed by atoms with Crippen LogP contribution in [0.2, 0.25) is 0 Å². The van der Waals surface area contributed by atoms with Crippen LogP contribution in [0.15, 0.2) is 42.6 Å². The van der Waals surface area contributed by atoms with Gasteiger partial charge < -0.3 is 15.8 Å². The van der Waals surface area contributed by atoms with Crippen LogP contribution in [0.25, 0.3) is 11.4 Å². The lowest BCUT2D eigenvalue weighted by atomic mass is 10.2. The smallest absolute Gasteiger partial charge is 0.417 e. The number of amides is 1. The lowest BCUT2D eigenvalue weighted by molar-refractivity contribution is -0.137. The van der Waals surface area contributed by atoms with E-state index in [1.807, 2.05) is 0 Å². The molecule has 1 fully saturated rings. The molecule has 1 atom stereocenters. The largest absolute Gasteiger partial charge is 0.439 e. The summed E-state index contributed by atoms with van der Waals surface area (Å²) in [6.45, 7) is 0. The number of ether oxygens (including phenoxy) is 1. The minimum absolute atomic E-state index is 0.0142. The molecule has 33 heavy (non-hydrogen) atoms. The molecule has 2 heterocycles. The van der Waals surface area contributed by atoms with E-state index < -0.39 is 23.7 Å². The molecule has 0 radical (unpaired) electrons. The number of halogens is 3. The van der Waals surface area contributed by atoms with Crippen molar-refractivity contribution in [2.45, 2.75) is 31.5 Å². The van der Waals surface area contributed by atoms with E-state index in [4.69, 9.17) is 10.5 Å². The Bertz CT molecular complexity index is 1180. The van der Waals surface area contributed by atoms with Crippen molar-refractivity contribution in [3.8, 4) is 23.0 Å². The first-order valence-corrected chi connectivity index (χ1v) is 9.86. The standard InChI is InChI=1S/C21H17F3N6O3/c22-21(23,24)12-6-9-16(26-10-12)33-13-7-4-11(5-8-13)18-28-19(17(25)32)30-20(29-18)27-14-2-1-3-15(14)31/h4-10,14H,1-3H2,(H2,25,32)(H,27,28,29,30)/t14-/m0/s1. The number of nitrogens with zero attached hydrogens (tertiary/aromatic N) is 4. The van der Waals surface area contributed by atoms with Crippen LogP contribution in [0.1, 0.15) is 35.4 Å². The fraction of sp³-hybridized carbons (Fsp3) is 0.238. The number of primary amides is 1. The van der Waals surface area contributed by atoms with Crippen molar-refractivity contribution in [1.29, 1.82) is 0 Å². The van der Waals surface area contributed by atoms with Crippen LogP contribution in [0.5, 0.6) is 11.6 Å². The van der Waals surface area contributed by atoms with Gasteiger partial charge in [-0.15, -0.1) is 0 Å². The highest BCUT2D eigenvalue weighted by atomic mass is 19.4. The normalized spacial score (nSPS) is 16.0. The van der Waals surface area contributed by atoms with E-state index in [0.29, 0.717) is 30.4 Å². The number of aromatic nitrogens is 4. The molecule has 2 aromatic heterocycles. The van der Waals surface area contributed by atoms with Gasteiger partial charge in [0.2, 0.25) is 17.7 Å². The minimum Gasteiger partial charge on any atom is -0.439 e. The lowest BCUT2D eigenvalue weighted by Gasteiger charge is -2.12. The number of pyridine rings is 1. The van der Waals surface area contributed by atoms with E-state index in [1.54, 1.807) is 12.1 Å². The first-order valence-electron chi connectivity index (χ1n) is 9.86. The van der Waals surface area contributed by atoms with E-state index >= 15 is 0 Å². The van der Waals surface area contributed by atoms with Gasteiger partial charge in [0.05, 0.1) is 11.6 Å². The van der Waals surface area contributed by atoms with Crippen molar-refractivity contribution < 1.29 is 27.5 Å². The highest BCUT2D eigenvalue weighted by molar-refractivity contribution is 5.90. The Morgan fingerprint density at radius 2 is 1.85 bits per heavy atom. The maximum atomic E-state index is 12.6. The van der Waals surface area contributed by atoms with Gasteiger partial charge in [0.25, 0.3) is 5.91 Å². The summed E-state index contributed by atoms with van der Waals surface area (Å²) >= 11 is 0. The molecule has 1 saturated carbocycles. The monoisotopic (exact) mass is 458 g/mol. The van der Waals surface area contributed by atoms with E-state index in [0.717, 1.165) is 18.6 Å². The number of hydrogen-bond donors (Lipinski definition) is 2. The van der Waals surface area contributed by atoms with Crippen molar-refractivity contribution in [3.63, 3.8) is 0 Å². The molecule has 12 heteroatoms. The summed E-state index contributed by atoms with van der Waals surface area (Å²) < 4.78 is 43.4. The second kappa shape index (κ2) is 8.81. The number of hydrogen-bond acceptors (Lipinski definition) is 8. The zero-order chi connectivity index (χ0) is 23.6. The molecule has 0 aliphatic heterocycles. The quantitative estimate of drug-likeness (QED) is 0.574. The molecule has 0 saturated heterocycles. The molecule has 0 spiro atoms. The fourth-order valence-corrected chi connectivity index (χ4v) is 3.21. The molecule has 9 nitrogen and oxygen atoms in total. The Hall–Kier alpha value is -4.09. The molecule has 4 rings (SSSR count). The van der Waals surface area contributed by atoms with Crippen LogP contribution in [0, 0.1) is 0 Å². The number of nitrogens with two attached hydrogens (primary N) is 1. The van der Waals surface area contributed by atoms with Gasteiger partial charge in [0.15, 0.2) is 11.6 Å². The predicted octanol–water partition coefficient (Wildman–Crippen LogP) is 3.38. The Morgan fingerprint density at radius 1 is 1.09 bits per heavy atom. The van der Waals surface area contributed by atoms with Crippen molar-refractivity contribution in [2.75, 3.05) is 5.32 Å². The van der Waals surface area contributed by atoms with Crippen LogP contribution in [-0.4, -0.2) is 37.7 Å². The van der Waals surface area contributed by atoms with Gasteiger partial charge >= 0.3 is 6.18 Å². The SMILES string of the molecule is NC(=O)c1nc(N[C@H]2CCCC2=O)nc(-c2ccc(Oc3ccc(C(F)(F)F)cn3)cc2)n1. The Morgan fingerprint density at radius 3 is 2.42 bits per heavy atom. The molecule has 0 bridgehead atoms. The average molecular weight is 458 g/mol. The summed E-state index contributed by atoms with van der Waals surface area (Å²) in [4.78, 5) is 39.5. The second-order valence-corrected chi connectivity index (χ2v) is 7.24. The number of Topliss-reactive ketones (excluding diaryl/α,β-unsaturated/α-hetero) is 1. The Balaban J connectivity index is 1.54. The fourth-order valence-electron chi connectivity index (χ4n) is 3.21. The number of benzene rings is 1. The highest BCUT2D eigenvalue weighted by Crippen LogP contribution is 2.30. The van der Waals surface area contributed by atoms with Crippen LogP contribution >= 0.6 is 0 Å². The predicted molar refractivity (Wildman–Crippen MR) is 109 cm³/mol. The van der Waals surface area contributed by atoms with Crippen LogP contribution in [0.3, 0.4) is 0 Å². The molecular weight excluding hydrogens is 441 g/mol. The number of alkyl halides is 3. The summed E-state index contributed by atoms with van der Waals surface area (Å²) in [6.07, 6.45) is -1.95. The third-order valence-electron chi connectivity index (χ3n) is 4.86. The Kier molecular flexibility index (Phi) is 5.90. The minimum atomic E-state index is -4.49. The molecule has 3 N–H and O–H groups in total. The zero-order valence-corrected chi connectivity index (χ0v) is 17.0. The number of rotatable bonds is 6. The van der Waals surface area contributed by atoms with Gasteiger partial charge in [-0.2, -0.15) is 23.1 Å². The lowest BCUT2D eigenvalue weighted by Crippen LogP contribution is -2.26. The van der Waals surface area contributed by atoms with Crippen molar-refractivity contribution in [2.24, 2.45) is 5.73 Å². The van der Waals surface area contributed by atoms with Gasteiger partial charge in [-0.25, -0.2) is 9.97 Å². The molecule has 1 aromatic carbocycles. The van der Waals surface area contributed by atoms with E-state index in [1.165, 1.54) is 12.1 Å². The molecule has 1 aliphatic carbocycles. The molecule has 1 aliphatic rings. The summed E-state index contributed by atoms with van der Waals surface area (Å²) in [5.41, 5.74) is 4.94. The van der Waals surface area contributed by atoms with E-state index in [9.17, 15) is 22.8 Å². The molecule has 0 unspecified atom stereocenters. The topological polar surface area (TPSA) is 133 Å². The number of nitrogens with one attached hydrogen (secondary N) is 1. The number of ketones is 1. The first-order chi connectivity index (χ1) is 15.7. The summed E-state index contributed by atoms with van der Waals surface area (Å²) in [5, 5.41) is 2.92. The third-order valence-corrected chi connectivity index (χ3v) is 4.86. The van der Waals surface area contributed by atoms with Crippen molar-refractivity contribution in [3.05, 3.63) is 54.0 Å². The summed E-state index contributed by atoms with van der Waals surface area (Å²) in [7, 11) is 0. The molecule has 3 aromatic rings. The zero-order valence-electron chi connectivity index (χ0n) is 17.0. The van der Waals surface area contributed by atoms with Crippen molar-refractivity contribution >= 4 is 17.6 Å². The Labute approximate surface area is 185 Å². The number of carbonyl (C=O) groups is 2. The van der Waals surface area contributed by atoms with Gasteiger partial charge in [-0.1, -0.05) is 0 Å². The molecule has 1 amide bonds. The van der Waals surface area contributed by atoms with Gasteiger partial charge in [-0.3, -0.25) is 9.59 Å². The maximum absolute atomic E-state index is 12.6. The highest BCUT2D eigenvalue weighted by Gasteiger charge is 2.30. The van der Waals surface area contributed by atoms with Gasteiger partial charge in [0, 0.05) is 24.2 Å². The maximum Gasteiger partial charge on any atom is 0.417 e. The number of anilines is 1. The van der Waals surface area contributed by atoms with Crippen LogP contribution in [0.4, 0.5) is 19.1 Å². The first kappa shape index (κ1) is 22.1.